The number of halogens is 2. The van der Waals surface area contributed by atoms with E-state index in [9.17, 15) is 53.1 Å². The molecule has 0 bridgehead atoms. The van der Waals surface area contributed by atoms with Crippen molar-refractivity contribution in [3.63, 3.8) is 0 Å². The van der Waals surface area contributed by atoms with Gasteiger partial charge in [0.05, 0.1) is 59.7 Å². The summed E-state index contributed by atoms with van der Waals surface area (Å²) in [5, 5.41) is 37.4. The summed E-state index contributed by atoms with van der Waals surface area (Å²) in [6, 6.07) is 21.6. The van der Waals surface area contributed by atoms with Crippen LogP contribution in [0.5, 0.6) is 11.5 Å². The number of nitrogens with one attached hydrogen (secondary N) is 3. The van der Waals surface area contributed by atoms with Crippen molar-refractivity contribution in [3.8, 4) is 21.5 Å². The van der Waals surface area contributed by atoms with Crippen LogP contribution in [0.3, 0.4) is 0 Å². The maximum Gasteiger partial charge on any atom is 0.306 e. The van der Waals surface area contributed by atoms with Crippen LogP contribution in [0.15, 0.2) is 94.9 Å². The van der Waals surface area contributed by atoms with E-state index in [1.54, 1.807) is 53.0 Å². The number of carboxylic acids is 1. The molecule has 4 aromatic heterocycles. The fourth-order valence-electron chi connectivity index (χ4n) is 13.8. The van der Waals surface area contributed by atoms with Crippen LogP contribution < -0.4 is 25.4 Å². The van der Waals surface area contributed by atoms with Gasteiger partial charge in [-0.15, -0.1) is 43.1 Å². The number of benzene rings is 4. The third-order valence-electron chi connectivity index (χ3n) is 19.5. The molecule has 0 saturated carbocycles. The largest absolute Gasteiger partial charge is 0.493 e. The molecule has 6 aliphatic rings. The highest BCUT2D eigenvalue weighted by atomic mass is 35.5. The smallest absolute Gasteiger partial charge is 0.306 e. The molecule has 14 rings (SSSR count). The van der Waals surface area contributed by atoms with Crippen LogP contribution >= 0.6 is 45.9 Å². The molecule has 0 spiro atoms. The van der Waals surface area contributed by atoms with E-state index in [1.807, 2.05) is 71.5 Å². The Morgan fingerprint density at radius 1 is 0.533 bits per heavy atom. The van der Waals surface area contributed by atoms with Gasteiger partial charge in [0.1, 0.15) is 57.3 Å². The number of aliphatic carboxylic acids is 1. The topological polar surface area (TPSA) is 338 Å². The van der Waals surface area contributed by atoms with Crippen LogP contribution in [-0.4, -0.2) is 147 Å². The molecule has 4 aromatic carbocycles. The van der Waals surface area contributed by atoms with Crippen molar-refractivity contribution in [1.82, 2.24) is 55.3 Å². The molecule has 0 aliphatic carbocycles. The monoisotopic (exact) mass is 1530 g/mol. The van der Waals surface area contributed by atoms with Gasteiger partial charge in [0, 0.05) is 61.4 Å². The van der Waals surface area contributed by atoms with Crippen LogP contribution in [0.25, 0.3) is 10.0 Å². The fourth-order valence-corrected chi connectivity index (χ4v) is 16.4. The highest BCUT2D eigenvalue weighted by Gasteiger charge is 2.48. The van der Waals surface area contributed by atoms with E-state index in [-0.39, 0.29) is 78.3 Å². The second kappa shape index (κ2) is 33.2. The lowest BCUT2D eigenvalue weighted by Crippen LogP contribution is -2.54. The molecular formula is C77H79Cl2N13O13S2. The minimum atomic E-state index is -1.03. The molecule has 10 heterocycles. The van der Waals surface area contributed by atoms with E-state index in [1.165, 1.54) is 28.7 Å². The molecule has 6 aliphatic heterocycles. The molecule has 8 aromatic rings. The van der Waals surface area contributed by atoms with Crippen molar-refractivity contribution in [2.75, 3.05) is 19.8 Å². The summed E-state index contributed by atoms with van der Waals surface area (Å²) in [4.78, 5) is 138. The van der Waals surface area contributed by atoms with Crippen LogP contribution in [0, 0.1) is 41.5 Å². The molecule has 2 saturated heterocycles. The van der Waals surface area contributed by atoms with Crippen LogP contribution in [0.4, 0.5) is 0 Å². The van der Waals surface area contributed by atoms with E-state index in [0.29, 0.717) is 53.6 Å². The number of hydrogen-bond acceptors (Lipinski definition) is 20. The zero-order chi connectivity index (χ0) is 76.1. The number of hydrogen-bond donors (Lipinski definition) is 4. The third-order valence-corrected chi connectivity index (χ3v) is 22.4. The van der Waals surface area contributed by atoms with Gasteiger partial charge in [0.25, 0.3) is 23.6 Å². The van der Waals surface area contributed by atoms with Crippen LogP contribution in [0.2, 0.25) is 10.0 Å². The number of rotatable bonds is 23. The van der Waals surface area contributed by atoms with Gasteiger partial charge < -0.3 is 19.9 Å². The number of aliphatic imine (C=N–C) groups is 2. The Morgan fingerprint density at radius 3 is 1.37 bits per heavy atom. The van der Waals surface area contributed by atoms with Gasteiger partial charge in [0.15, 0.2) is 11.6 Å². The van der Waals surface area contributed by atoms with E-state index in [4.69, 9.17) is 42.7 Å². The SMILES string of the molecule is CCCCCCCOc1cccc2c1C(=O)N(C1CCC(=O)NC1=O)C2=O.Cc1sc2c(c1C)C(c1ccc(Cl)cc1)=N[C@@H](CC(=O)NCCCCCCOc1cccc3c1C(=O)N(C1CCC(=O)NC1=O)C3=O)c1nnc(C)n1-2.Cc1sc2c(c1C)C(c1ccc(Cl)cc1)=N[C@@H](CC(=O)O)c1nnc(C)n1-2. The Hall–Kier alpha value is -10.4. The summed E-state index contributed by atoms with van der Waals surface area (Å²) in [6.45, 7) is 15.5. The number of nitrogens with zero attached hydrogens (tertiary/aromatic N) is 10. The van der Waals surface area contributed by atoms with Gasteiger partial charge in [0.2, 0.25) is 29.5 Å². The first kappa shape index (κ1) is 76.2. The summed E-state index contributed by atoms with van der Waals surface area (Å²) in [5.41, 5.74) is 8.40. The van der Waals surface area contributed by atoms with E-state index in [0.717, 1.165) is 115 Å². The Labute approximate surface area is 634 Å². The highest BCUT2D eigenvalue weighted by molar-refractivity contribution is 7.15. The number of carbonyl (C=O) groups excluding carboxylic acids is 9. The molecular weight excluding hydrogens is 1450 g/mol. The first-order valence-corrected chi connectivity index (χ1v) is 38.0. The third kappa shape index (κ3) is 16.0. The molecule has 107 heavy (non-hydrogen) atoms. The predicted molar refractivity (Wildman–Crippen MR) is 401 cm³/mol. The van der Waals surface area contributed by atoms with Crippen LogP contribution in [0.1, 0.15) is 223 Å². The Balaban J connectivity index is 0.000000166. The summed E-state index contributed by atoms with van der Waals surface area (Å²) < 4.78 is 15.7. The average Bonchev–Trinajstić information content (AvgIpc) is 1.61. The number of carbonyl (C=O) groups is 10. The number of piperidine rings is 2. The number of thiophene rings is 2. The average molecular weight is 1530 g/mol. The number of unbranched alkanes of at least 4 members (excludes halogenated alkanes) is 7. The van der Waals surface area contributed by atoms with E-state index >= 15 is 0 Å². The van der Waals surface area contributed by atoms with Crippen LogP contribution in [-0.2, 0) is 28.8 Å². The number of amides is 9. The molecule has 2 unspecified atom stereocenters. The summed E-state index contributed by atoms with van der Waals surface area (Å²) >= 11 is 15.6. The van der Waals surface area contributed by atoms with Crippen molar-refractivity contribution in [1.29, 1.82) is 0 Å². The van der Waals surface area contributed by atoms with Crippen molar-refractivity contribution in [2.24, 2.45) is 9.98 Å². The zero-order valence-electron chi connectivity index (χ0n) is 60.0. The maximum atomic E-state index is 13.3. The molecule has 556 valence electrons. The Bertz CT molecular complexity index is 4940. The quantitative estimate of drug-likeness (QED) is 0.0341. The molecule has 9 amide bonds. The molecule has 30 heteroatoms. The fraction of sp³-hybridized carbons (Fsp3) is 0.377. The van der Waals surface area contributed by atoms with Gasteiger partial charge in [-0.2, -0.15) is 0 Å². The van der Waals surface area contributed by atoms with E-state index < -0.39 is 71.5 Å². The molecule has 0 radical (unpaired) electrons. The van der Waals surface area contributed by atoms with E-state index in [2.05, 4.69) is 71.0 Å². The second-order valence-electron chi connectivity index (χ2n) is 26.7. The summed E-state index contributed by atoms with van der Waals surface area (Å²) in [5.74, 6) is -2.07. The Kier molecular flexibility index (Phi) is 23.6. The number of fused-ring (bicyclic) bond motifs is 8. The lowest BCUT2D eigenvalue weighted by Gasteiger charge is -2.27. The lowest BCUT2D eigenvalue weighted by atomic mass is 9.99. The zero-order valence-corrected chi connectivity index (χ0v) is 63.2. The molecule has 4 N–H and O–H groups in total. The van der Waals surface area contributed by atoms with Crippen molar-refractivity contribution >= 4 is 116 Å². The molecule has 4 atom stereocenters. The number of carboxylic acid groups (broad SMARTS) is 1. The van der Waals surface area contributed by atoms with Gasteiger partial charge in [-0.1, -0.05) is 105 Å². The van der Waals surface area contributed by atoms with Crippen molar-refractivity contribution in [2.45, 2.75) is 169 Å². The molecule has 2 fully saturated rings. The summed E-state index contributed by atoms with van der Waals surface area (Å²) in [7, 11) is 0. The number of aryl methyl sites for hydroxylation is 4. The van der Waals surface area contributed by atoms with Gasteiger partial charge >= 0.3 is 5.97 Å². The predicted octanol–water partition coefficient (Wildman–Crippen LogP) is 12.1. The van der Waals surface area contributed by atoms with Gasteiger partial charge in [-0.05, 0) is 133 Å². The minimum absolute atomic E-state index is 0.0532. The second-order valence-corrected chi connectivity index (χ2v) is 30.0. The minimum Gasteiger partial charge on any atom is -0.493 e. The standard InChI is InChI=1S/C38H38ClN7O6S.C20H24N2O5.C19H17ClN4O2S/c1-20-21(2)53-38-31(20)33(23-11-13-24(39)14-12-23)41-26(34-44-43-22(3)45(34)38)19-30(48)40-17-6-4-5-7-18-52-28-10-8-9-25-32(28)37(51)46(36(25)50)27-15-16-29(47)42-35(27)49;1-2-3-4-5-6-12-27-15-9-7-8-13-17(15)20(26)22(19(13)25)14-10-11-16(23)21-18(14)24;1-9-10(2)27-19-16(9)17(12-4-6-13(20)7-5-12)21-14(8-15(25)26)18-23-22-11(3)24(18)19/h8-14,26-27H,4-7,15-19H2,1-3H3,(H,40,48)(H,42,47,49);7-9,14H,2-6,10-12H2,1H3,(H,21,23,24);4-7,14H,8H2,1-3H3,(H,25,26)/t26-,27?;;14-/m0.0/s1. The first-order chi connectivity index (χ1) is 51.4. The van der Waals surface area contributed by atoms with Gasteiger partial charge in [-0.25, -0.2) is 0 Å². The Morgan fingerprint density at radius 2 is 0.953 bits per heavy atom. The number of aromatic nitrogens is 6. The first-order valence-electron chi connectivity index (χ1n) is 35.6. The highest BCUT2D eigenvalue weighted by Crippen LogP contribution is 2.43. The lowest BCUT2D eigenvalue weighted by molar-refractivity contribution is -0.138. The summed E-state index contributed by atoms with van der Waals surface area (Å²) in [6.07, 6.45) is 8.89. The number of imide groups is 4. The number of ether oxygens (including phenoxy) is 2. The van der Waals surface area contributed by atoms with Gasteiger partial charge in [-0.3, -0.25) is 87.5 Å². The normalized spacial score (nSPS) is 17.7. The molecule has 26 nitrogen and oxygen atoms in total. The van der Waals surface area contributed by atoms with Crippen molar-refractivity contribution in [3.05, 3.63) is 184 Å². The van der Waals surface area contributed by atoms with Crippen molar-refractivity contribution < 1.29 is 62.5 Å². The maximum absolute atomic E-state index is 13.3.